The molecule has 1 saturated heterocycles. The van der Waals surface area contributed by atoms with Crippen molar-refractivity contribution in [3.8, 4) is 0 Å². The standard InChI is InChI=1S/C9H15N5S/c1-6-4-11-9(14-10)13-8(6)12-7-2-3-15-5-7/h4,7H,2-3,5,10H2,1H3,(H2,11,12,13,14). The Morgan fingerprint density at radius 1 is 1.60 bits per heavy atom. The molecule has 1 aliphatic heterocycles. The summed E-state index contributed by atoms with van der Waals surface area (Å²) in [6.07, 6.45) is 2.96. The molecule has 0 radical (unpaired) electrons. The van der Waals surface area contributed by atoms with Crippen LogP contribution in [0.25, 0.3) is 0 Å². The van der Waals surface area contributed by atoms with Crippen LogP contribution in [0.2, 0.25) is 0 Å². The van der Waals surface area contributed by atoms with Gasteiger partial charge in [-0.25, -0.2) is 10.8 Å². The monoisotopic (exact) mass is 225 g/mol. The van der Waals surface area contributed by atoms with E-state index in [1.807, 2.05) is 18.7 Å². The van der Waals surface area contributed by atoms with Gasteiger partial charge in [-0.05, 0) is 19.1 Å². The Balaban J connectivity index is 2.11. The van der Waals surface area contributed by atoms with Crippen molar-refractivity contribution in [3.05, 3.63) is 11.8 Å². The number of nitrogens with one attached hydrogen (secondary N) is 2. The number of hydrogen-bond donors (Lipinski definition) is 3. The first-order chi connectivity index (χ1) is 7.29. The van der Waals surface area contributed by atoms with Crippen molar-refractivity contribution in [2.75, 3.05) is 22.2 Å². The normalized spacial score (nSPS) is 20.3. The number of nitrogens with zero attached hydrogens (tertiary/aromatic N) is 2. The summed E-state index contributed by atoms with van der Waals surface area (Å²) in [5.74, 6) is 8.98. The Kier molecular flexibility index (Phi) is 3.27. The molecule has 0 aromatic carbocycles. The molecule has 1 aliphatic rings. The molecule has 0 amide bonds. The van der Waals surface area contributed by atoms with E-state index in [-0.39, 0.29) is 0 Å². The first-order valence-electron chi connectivity index (χ1n) is 4.94. The number of anilines is 2. The second kappa shape index (κ2) is 4.67. The molecule has 2 heterocycles. The molecular formula is C9H15N5S. The van der Waals surface area contributed by atoms with Crippen LogP contribution in [-0.4, -0.2) is 27.5 Å². The van der Waals surface area contributed by atoms with Crippen molar-refractivity contribution in [2.45, 2.75) is 19.4 Å². The molecule has 4 N–H and O–H groups in total. The molecule has 1 fully saturated rings. The number of aryl methyl sites for hydroxylation is 1. The lowest BCUT2D eigenvalue weighted by Gasteiger charge is -2.14. The van der Waals surface area contributed by atoms with Crippen molar-refractivity contribution in [2.24, 2.45) is 5.84 Å². The highest BCUT2D eigenvalue weighted by molar-refractivity contribution is 7.99. The minimum absolute atomic E-state index is 0.453. The van der Waals surface area contributed by atoms with Gasteiger partial charge in [-0.1, -0.05) is 0 Å². The van der Waals surface area contributed by atoms with Crippen LogP contribution < -0.4 is 16.6 Å². The molecular weight excluding hydrogens is 210 g/mol. The van der Waals surface area contributed by atoms with Crippen LogP contribution in [0.4, 0.5) is 11.8 Å². The number of rotatable bonds is 3. The van der Waals surface area contributed by atoms with E-state index in [0.717, 1.165) is 17.1 Å². The van der Waals surface area contributed by atoms with Crippen LogP contribution in [0.15, 0.2) is 6.20 Å². The SMILES string of the molecule is Cc1cnc(NN)nc1NC1CCSC1. The predicted octanol–water partition coefficient (Wildman–Crippen LogP) is 0.988. The maximum atomic E-state index is 5.27. The average molecular weight is 225 g/mol. The van der Waals surface area contributed by atoms with Gasteiger partial charge in [-0.15, -0.1) is 0 Å². The Morgan fingerprint density at radius 2 is 2.47 bits per heavy atom. The molecule has 15 heavy (non-hydrogen) atoms. The van der Waals surface area contributed by atoms with Crippen LogP contribution in [0.1, 0.15) is 12.0 Å². The molecule has 5 nitrogen and oxygen atoms in total. The van der Waals surface area contributed by atoms with Crippen molar-refractivity contribution >= 4 is 23.5 Å². The lowest BCUT2D eigenvalue weighted by Crippen LogP contribution is -2.21. The molecule has 0 bridgehead atoms. The maximum absolute atomic E-state index is 5.27. The van der Waals surface area contributed by atoms with Gasteiger partial charge in [0.05, 0.1) is 0 Å². The fraction of sp³-hybridized carbons (Fsp3) is 0.556. The van der Waals surface area contributed by atoms with Gasteiger partial charge in [-0.2, -0.15) is 16.7 Å². The Morgan fingerprint density at radius 3 is 3.13 bits per heavy atom. The van der Waals surface area contributed by atoms with Crippen molar-refractivity contribution < 1.29 is 0 Å². The molecule has 0 saturated carbocycles. The molecule has 0 aliphatic carbocycles. The lowest BCUT2D eigenvalue weighted by molar-refractivity contribution is 0.803. The number of hydrogen-bond acceptors (Lipinski definition) is 6. The van der Waals surface area contributed by atoms with E-state index in [0.29, 0.717) is 12.0 Å². The largest absolute Gasteiger partial charge is 0.366 e. The second-order valence-electron chi connectivity index (χ2n) is 3.57. The Labute approximate surface area is 93.2 Å². The van der Waals surface area contributed by atoms with Crippen LogP contribution >= 0.6 is 11.8 Å². The summed E-state index contributed by atoms with van der Waals surface area (Å²) in [6, 6.07) is 0.522. The van der Waals surface area contributed by atoms with Gasteiger partial charge in [0.2, 0.25) is 5.95 Å². The van der Waals surface area contributed by atoms with E-state index >= 15 is 0 Å². The van der Waals surface area contributed by atoms with Crippen molar-refractivity contribution in [1.82, 2.24) is 9.97 Å². The van der Waals surface area contributed by atoms with Crippen LogP contribution in [-0.2, 0) is 0 Å². The molecule has 1 atom stereocenters. The predicted molar refractivity (Wildman–Crippen MR) is 63.9 cm³/mol. The van der Waals surface area contributed by atoms with E-state index in [1.54, 1.807) is 6.20 Å². The summed E-state index contributed by atoms with van der Waals surface area (Å²) in [5.41, 5.74) is 3.50. The summed E-state index contributed by atoms with van der Waals surface area (Å²) >= 11 is 1.97. The number of hydrazine groups is 1. The van der Waals surface area contributed by atoms with Gasteiger partial charge in [0.1, 0.15) is 5.82 Å². The van der Waals surface area contributed by atoms with E-state index in [4.69, 9.17) is 5.84 Å². The molecule has 82 valence electrons. The highest BCUT2D eigenvalue weighted by Gasteiger charge is 2.16. The van der Waals surface area contributed by atoms with Gasteiger partial charge in [0, 0.05) is 23.6 Å². The van der Waals surface area contributed by atoms with Gasteiger partial charge >= 0.3 is 0 Å². The van der Waals surface area contributed by atoms with E-state index in [2.05, 4.69) is 20.7 Å². The smallest absolute Gasteiger partial charge is 0.239 e. The molecule has 6 heteroatoms. The summed E-state index contributed by atoms with van der Waals surface area (Å²) in [5, 5.41) is 3.42. The summed E-state index contributed by atoms with van der Waals surface area (Å²) in [7, 11) is 0. The van der Waals surface area contributed by atoms with Gasteiger partial charge in [0.25, 0.3) is 0 Å². The third-order valence-electron chi connectivity index (χ3n) is 2.37. The highest BCUT2D eigenvalue weighted by Crippen LogP contribution is 2.22. The fourth-order valence-corrected chi connectivity index (χ4v) is 2.65. The van der Waals surface area contributed by atoms with Crippen LogP contribution in [0.5, 0.6) is 0 Å². The third kappa shape index (κ3) is 2.51. The molecule has 0 spiro atoms. The minimum atomic E-state index is 0.453. The number of aromatic nitrogens is 2. The zero-order valence-corrected chi connectivity index (χ0v) is 9.47. The van der Waals surface area contributed by atoms with E-state index in [9.17, 15) is 0 Å². The molecule has 1 aromatic heterocycles. The van der Waals surface area contributed by atoms with Gasteiger partial charge in [0.15, 0.2) is 0 Å². The molecule has 1 unspecified atom stereocenters. The summed E-state index contributed by atoms with van der Waals surface area (Å²) in [6.45, 7) is 1.99. The number of nitrogens with two attached hydrogens (primary N) is 1. The quantitative estimate of drug-likeness (QED) is 0.526. The summed E-state index contributed by atoms with van der Waals surface area (Å²) in [4.78, 5) is 8.33. The zero-order valence-electron chi connectivity index (χ0n) is 8.66. The first-order valence-corrected chi connectivity index (χ1v) is 6.09. The maximum Gasteiger partial charge on any atom is 0.239 e. The average Bonchev–Trinajstić information content (AvgIpc) is 2.74. The van der Waals surface area contributed by atoms with E-state index < -0.39 is 0 Å². The third-order valence-corrected chi connectivity index (χ3v) is 3.53. The summed E-state index contributed by atoms with van der Waals surface area (Å²) < 4.78 is 0. The minimum Gasteiger partial charge on any atom is -0.366 e. The van der Waals surface area contributed by atoms with Gasteiger partial charge < -0.3 is 5.32 Å². The Hall–Kier alpha value is -1.01. The van der Waals surface area contributed by atoms with Crippen molar-refractivity contribution in [3.63, 3.8) is 0 Å². The van der Waals surface area contributed by atoms with Crippen molar-refractivity contribution in [1.29, 1.82) is 0 Å². The van der Waals surface area contributed by atoms with Crippen LogP contribution in [0.3, 0.4) is 0 Å². The number of nitrogen functional groups attached to an aromatic ring is 1. The Bertz CT molecular complexity index is 337. The molecule has 1 aromatic rings. The highest BCUT2D eigenvalue weighted by atomic mass is 32.2. The molecule has 2 rings (SSSR count). The number of thioether (sulfide) groups is 1. The van der Waals surface area contributed by atoms with Crippen LogP contribution in [0, 0.1) is 6.92 Å². The lowest BCUT2D eigenvalue weighted by atomic mass is 10.2. The van der Waals surface area contributed by atoms with Gasteiger partial charge in [-0.3, -0.25) is 5.43 Å². The first kappa shape index (κ1) is 10.5. The van der Waals surface area contributed by atoms with E-state index in [1.165, 1.54) is 12.2 Å². The fourth-order valence-electron chi connectivity index (χ4n) is 1.50. The zero-order chi connectivity index (χ0) is 10.7. The topological polar surface area (TPSA) is 75.9 Å². The second-order valence-corrected chi connectivity index (χ2v) is 4.72.